The van der Waals surface area contributed by atoms with E-state index in [4.69, 9.17) is 5.73 Å². The first kappa shape index (κ1) is 15.4. The largest absolute Gasteiger partial charge is 0.416 e. The summed E-state index contributed by atoms with van der Waals surface area (Å²) in [6, 6.07) is 9.06. The van der Waals surface area contributed by atoms with Gasteiger partial charge in [0.25, 0.3) is 5.91 Å². The second kappa shape index (κ2) is 5.77. The number of hydrogen-bond donors (Lipinski definition) is 2. The van der Waals surface area contributed by atoms with Gasteiger partial charge in [-0.1, -0.05) is 22.0 Å². The second-order valence-corrected chi connectivity index (χ2v) is 5.18. The van der Waals surface area contributed by atoms with Crippen LogP contribution in [0.2, 0.25) is 0 Å². The summed E-state index contributed by atoms with van der Waals surface area (Å²) >= 11 is 3.21. The highest BCUT2D eigenvalue weighted by atomic mass is 79.9. The van der Waals surface area contributed by atoms with Crippen LogP contribution in [0.25, 0.3) is 0 Å². The number of nitrogens with two attached hydrogens (primary N) is 1. The Bertz CT molecular complexity index is 686. The molecule has 0 fully saturated rings. The third-order valence-corrected chi connectivity index (χ3v) is 3.20. The maximum atomic E-state index is 12.6. The molecule has 0 spiro atoms. The second-order valence-electron chi connectivity index (χ2n) is 4.26. The van der Waals surface area contributed by atoms with Crippen molar-refractivity contribution < 1.29 is 18.0 Å². The van der Waals surface area contributed by atoms with Gasteiger partial charge in [0.15, 0.2) is 0 Å². The quantitative estimate of drug-likeness (QED) is 0.786. The average Bonchev–Trinajstić information content (AvgIpc) is 2.37. The lowest BCUT2D eigenvalue weighted by Crippen LogP contribution is -2.14. The molecule has 1 amide bonds. The van der Waals surface area contributed by atoms with Crippen molar-refractivity contribution in [3.63, 3.8) is 0 Å². The van der Waals surface area contributed by atoms with Crippen LogP contribution in [0.4, 0.5) is 24.5 Å². The van der Waals surface area contributed by atoms with Crippen LogP contribution in [-0.2, 0) is 6.18 Å². The molecule has 110 valence electrons. The van der Waals surface area contributed by atoms with Gasteiger partial charge in [0.1, 0.15) is 0 Å². The molecule has 2 rings (SSSR count). The van der Waals surface area contributed by atoms with Gasteiger partial charge in [-0.15, -0.1) is 0 Å². The highest BCUT2D eigenvalue weighted by Gasteiger charge is 2.30. The van der Waals surface area contributed by atoms with Crippen LogP contribution in [0.1, 0.15) is 15.9 Å². The summed E-state index contributed by atoms with van der Waals surface area (Å²) < 4.78 is 38.5. The fraction of sp³-hybridized carbons (Fsp3) is 0.0714. The summed E-state index contributed by atoms with van der Waals surface area (Å²) in [6.07, 6.45) is -4.46. The number of nitrogen functional groups attached to an aromatic ring is 1. The van der Waals surface area contributed by atoms with Gasteiger partial charge in [-0.05, 0) is 36.4 Å². The van der Waals surface area contributed by atoms with E-state index in [2.05, 4.69) is 21.2 Å². The lowest BCUT2D eigenvalue weighted by Gasteiger charge is -2.11. The average molecular weight is 359 g/mol. The van der Waals surface area contributed by atoms with Gasteiger partial charge in [-0.2, -0.15) is 13.2 Å². The van der Waals surface area contributed by atoms with Gasteiger partial charge >= 0.3 is 6.18 Å². The van der Waals surface area contributed by atoms with Crippen molar-refractivity contribution in [1.29, 1.82) is 0 Å². The number of carbonyl (C=O) groups is 1. The van der Waals surface area contributed by atoms with Crippen molar-refractivity contribution in [2.75, 3.05) is 11.1 Å². The lowest BCUT2D eigenvalue weighted by atomic mass is 10.1. The van der Waals surface area contributed by atoms with Crippen molar-refractivity contribution in [3.8, 4) is 0 Å². The number of carbonyl (C=O) groups excluding carboxylic acids is 1. The van der Waals surface area contributed by atoms with Crippen LogP contribution in [0, 0.1) is 0 Å². The molecule has 0 aliphatic heterocycles. The molecular weight excluding hydrogens is 349 g/mol. The highest BCUT2D eigenvalue weighted by molar-refractivity contribution is 9.10. The summed E-state index contributed by atoms with van der Waals surface area (Å²) in [6.45, 7) is 0. The molecule has 0 atom stereocenters. The Hall–Kier alpha value is -2.02. The van der Waals surface area contributed by atoms with Crippen molar-refractivity contribution in [3.05, 3.63) is 58.1 Å². The van der Waals surface area contributed by atoms with E-state index in [1.807, 2.05) is 0 Å². The highest BCUT2D eigenvalue weighted by Crippen LogP contribution is 2.31. The molecule has 0 saturated heterocycles. The molecule has 21 heavy (non-hydrogen) atoms. The van der Waals surface area contributed by atoms with Crippen molar-refractivity contribution >= 4 is 33.2 Å². The van der Waals surface area contributed by atoms with E-state index in [1.54, 1.807) is 12.1 Å². The van der Waals surface area contributed by atoms with Crippen LogP contribution in [0.3, 0.4) is 0 Å². The SMILES string of the molecule is Nc1cc(Br)ccc1C(=O)Nc1cccc(C(F)(F)F)c1. The van der Waals surface area contributed by atoms with Gasteiger partial charge < -0.3 is 11.1 Å². The molecule has 0 aliphatic carbocycles. The molecule has 2 aromatic rings. The van der Waals surface area contributed by atoms with E-state index in [0.717, 1.165) is 12.1 Å². The molecule has 3 nitrogen and oxygen atoms in total. The van der Waals surface area contributed by atoms with Crippen molar-refractivity contribution in [2.24, 2.45) is 0 Å². The number of anilines is 2. The number of halogens is 4. The Labute approximate surface area is 127 Å². The summed E-state index contributed by atoms with van der Waals surface area (Å²) in [5.41, 5.74) is 5.35. The van der Waals surface area contributed by atoms with E-state index in [1.165, 1.54) is 18.2 Å². The Morgan fingerprint density at radius 1 is 1.14 bits per heavy atom. The molecule has 3 N–H and O–H groups in total. The molecule has 2 aromatic carbocycles. The smallest absolute Gasteiger partial charge is 0.398 e. The zero-order valence-corrected chi connectivity index (χ0v) is 12.1. The first-order valence-corrected chi connectivity index (χ1v) is 6.60. The summed E-state index contributed by atoms with van der Waals surface area (Å²) in [4.78, 5) is 12.0. The number of rotatable bonds is 2. The Balaban J connectivity index is 2.24. The molecule has 0 bridgehead atoms. The Morgan fingerprint density at radius 2 is 1.86 bits per heavy atom. The van der Waals surface area contributed by atoms with Gasteiger partial charge in [0, 0.05) is 15.8 Å². The van der Waals surface area contributed by atoms with Crippen LogP contribution >= 0.6 is 15.9 Å². The third kappa shape index (κ3) is 3.75. The molecule has 0 unspecified atom stereocenters. The monoisotopic (exact) mass is 358 g/mol. The third-order valence-electron chi connectivity index (χ3n) is 2.71. The minimum absolute atomic E-state index is 0.0529. The molecule has 0 saturated carbocycles. The number of alkyl halides is 3. The summed E-state index contributed by atoms with van der Waals surface area (Å²) in [5.74, 6) is -0.570. The van der Waals surface area contributed by atoms with E-state index in [-0.39, 0.29) is 16.9 Å². The molecule has 7 heteroatoms. The molecule has 0 radical (unpaired) electrons. The summed E-state index contributed by atoms with van der Waals surface area (Å²) in [5, 5.41) is 2.40. The Kier molecular flexibility index (Phi) is 4.22. The van der Waals surface area contributed by atoms with Crippen LogP contribution in [0.5, 0.6) is 0 Å². The van der Waals surface area contributed by atoms with E-state index < -0.39 is 17.6 Å². The first-order valence-electron chi connectivity index (χ1n) is 5.81. The van der Waals surface area contributed by atoms with Gasteiger partial charge in [0.05, 0.1) is 11.1 Å². The lowest BCUT2D eigenvalue weighted by molar-refractivity contribution is -0.137. The topological polar surface area (TPSA) is 55.1 Å². The number of benzene rings is 2. The minimum Gasteiger partial charge on any atom is -0.398 e. The summed E-state index contributed by atoms with van der Waals surface area (Å²) in [7, 11) is 0. The molecule has 0 aliphatic rings. The maximum absolute atomic E-state index is 12.6. The predicted octanol–water partition coefficient (Wildman–Crippen LogP) is 4.30. The van der Waals surface area contributed by atoms with E-state index in [0.29, 0.717) is 4.47 Å². The zero-order chi connectivity index (χ0) is 15.6. The minimum atomic E-state index is -4.46. The zero-order valence-electron chi connectivity index (χ0n) is 10.5. The fourth-order valence-electron chi connectivity index (χ4n) is 1.71. The number of nitrogens with one attached hydrogen (secondary N) is 1. The first-order chi connectivity index (χ1) is 9.77. The van der Waals surface area contributed by atoms with Gasteiger partial charge in [0.2, 0.25) is 0 Å². The van der Waals surface area contributed by atoms with Gasteiger partial charge in [-0.25, -0.2) is 0 Å². The van der Waals surface area contributed by atoms with E-state index >= 15 is 0 Å². The Morgan fingerprint density at radius 3 is 2.48 bits per heavy atom. The fourth-order valence-corrected chi connectivity index (χ4v) is 2.09. The standard InChI is InChI=1S/C14H10BrF3N2O/c15-9-4-5-11(12(19)7-9)13(21)20-10-3-1-2-8(6-10)14(16,17)18/h1-7H,19H2,(H,20,21). The van der Waals surface area contributed by atoms with E-state index in [9.17, 15) is 18.0 Å². The predicted molar refractivity (Wildman–Crippen MR) is 78.0 cm³/mol. The van der Waals surface area contributed by atoms with Crippen molar-refractivity contribution in [2.45, 2.75) is 6.18 Å². The van der Waals surface area contributed by atoms with Gasteiger partial charge in [-0.3, -0.25) is 4.79 Å². The van der Waals surface area contributed by atoms with Crippen molar-refractivity contribution in [1.82, 2.24) is 0 Å². The molecule has 0 aromatic heterocycles. The normalized spacial score (nSPS) is 11.2. The number of amides is 1. The molecular formula is C14H10BrF3N2O. The van der Waals surface area contributed by atoms with Crippen LogP contribution in [0.15, 0.2) is 46.9 Å². The van der Waals surface area contributed by atoms with Crippen LogP contribution in [-0.4, -0.2) is 5.91 Å². The maximum Gasteiger partial charge on any atom is 0.416 e. The number of hydrogen-bond acceptors (Lipinski definition) is 2. The molecule has 0 heterocycles. The van der Waals surface area contributed by atoms with Crippen LogP contribution < -0.4 is 11.1 Å².